The van der Waals surface area contributed by atoms with Gasteiger partial charge in [0.15, 0.2) is 5.15 Å². The Hall–Kier alpha value is -1.86. The smallest absolute Gasteiger partial charge is 0.223 e. The van der Waals surface area contributed by atoms with Crippen LogP contribution < -0.4 is 0 Å². The molecule has 2 N–H and O–H groups in total. The predicted molar refractivity (Wildman–Crippen MR) is 82.9 cm³/mol. The molecule has 0 radical (unpaired) electrons. The molecule has 2 aromatic heterocycles. The number of carbonyl (C=O) groups excluding carboxylic acids is 1. The van der Waals surface area contributed by atoms with Crippen molar-refractivity contribution >= 4 is 17.5 Å². The Labute approximate surface area is 138 Å². The van der Waals surface area contributed by atoms with Gasteiger partial charge in [0.2, 0.25) is 5.91 Å². The molecular formula is C15H19ClN4O3. The Morgan fingerprint density at radius 3 is 3.00 bits per heavy atom. The Kier molecular flexibility index (Phi) is 4.68. The minimum Gasteiger partial charge on any atom is -0.391 e. The molecule has 7 nitrogen and oxygen atoms in total. The molecule has 1 fully saturated rings. The van der Waals surface area contributed by atoms with Gasteiger partial charge in [-0.1, -0.05) is 16.8 Å². The number of aliphatic hydroxyl groups excluding tert-OH is 1. The number of likely N-dealkylation sites (tertiary alicyclic amines) is 1. The van der Waals surface area contributed by atoms with Gasteiger partial charge in [-0.05, 0) is 19.4 Å². The van der Waals surface area contributed by atoms with Gasteiger partial charge in [-0.3, -0.25) is 9.89 Å². The molecule has 1 saturated heterocycles. The van der Waals surface area contributed by atoms with E-state index in [0.717, 1.165) is 11.4 Å². The zero-order valence-corrected chi connectivity index (χ0v) is 13.6. The molecule has 23 heavy (non-hydrogen) atoms. The van der Waals surface area contributed by atoms with E-state index >= 15 is 0 Å². The summed E-state index contributed by atoms with van der Waals surface area (Å²) in [5, 5.41) is 21.1. The van der Waals surface area contributed by atoms with Crippen molar-refractivity contribution in [3.63, 3.8) is 0 Å². The summed E-state index contributed by atoms with van der Waals surface area (Å²) in [6, 6.07) is 3.57. The van der Waals surface area contributed by atoms with E-state index in [1.165, 1.54) is 0 Å². The highest BCUT2D eigenvalue weighted by Crippen LogP contribution is 2.22. The number of aromatic nitrogens is 3. The van der Waals surface area contributed by atoms with Gasteiger partial charge in [-0.2, -0.15) is 5.10 Å². The molecule has 1 aliphatic heterocycles. The van der Waals surface area contributed by atoms with Crippen molar-refractivity contribution in [1.82, 2.24) is 20.3 Å². The lowest BCUT2D eigenvalue weighted by Crippen LogP contribution is -2.29. The van der Waals surface area contributed by atoms with Gasteiger partial charge in [0, 0.05) is 43.6 Å². The van der Waals surface area contributed by atoms with Gasteiger partial charge < -0.3 is 14.5 Å². The molecule has 0 unspecified atom stereocenters. The Morgan fingerprint density at radius 1 is 1.52 bits per heavy atom. The number of nitrogens with zero attached hydrogens (tertiary/aromatic N) is 3. The summed E-state index contributed by atoms with van der Waals surface area (Å²) >= 11 is 5.68. The molecular weight excluding hydrogens is 320 g/mol. The Morgan fingerprint density at radius 2 is 2.35 bits per heavy atom. The maximum absolute atomic E-state index is 12.3. The van der Waals surface area contributed by atoms with Gasteiger partial charge in [0.1, 0.15) is 5.76 Å². The summed E-state index contributed by atoms with van der Waals surface area (Å²) in [5.74, 6) is 0.602. The largest absolute Gasteiger partial charge is 0.391 e. The van der Waals surface area contributed by atoms with Crippen LogP contribution in [0.25, 0.3) is 0 Å². The number of β-amino-alcohol motifs (C(OH)–C–C–N with tert-alkyl or cyclic N) is 1. The number of aliphatic hydroxyl groups is 1. The fourth-order valence-corrected chi connectivity index (χ4v) is 3.06. The maximum Gasteiger partial charge on any atom is 0.223 e. The molecule has 1 aliphatic rings. The highest BCUT2D eigenvalue weighted by Gasteiger charge is 2.34. The molecule has 3 heterocycles. The van der Waals surface area contributed by atoms with Crippen LogP contribution in [0.5, 0.6) is 0 Å². The highest BCUT2D eigenvalue weighted by molar-refractivity contribution is 6.29. The van der Waals surface area contributed by atoms with Crippen LogP contribution in [0.3, 0.4) is 0 Å². The summed E-state index contributed by atoms with van der Waals surface area (Å²) in [7, 11) is 0. The number of aryl methyl sites for hydroxylation is 2. The normalized spacial score (nSPS) is 21.1. The van der Waals surface area contributed by atoms with Crippen LogP contribution in [0, 0.1) is 12.8 Å². The van der Waals surface area contributed by atoms with E-state index in [2.05, 4.69) is 15.4 Å². The van der Waals surface area contributed by atoms with Crippen molar-refractivity contribution in [3.05, 3.63) is 34.4 Å². The minimum absolute atomic E-state index is 0.00252. The first-order chi connectivity index (χ1) is 11.0. The number of hydrogen-bond donors (Lipinski definition) is 2. The third-order valence-corrected chi connectivity index (χ3v) is 4.28. The van der Waals surface area contributed by atoms with Gasteiger partial charge in [0.05, 0.1) is 11.8 Å². The molecule has 0 bridgehead atoms. The van der Waals surface area contributed by atoms with Crippen LogP contribution in [0.2, 0.25) is 5.15 Å². The number of aromatic amines is 1. The van der Waals surface area contributed by atoms with Gasteiger partial charge in [-0.25, -0.2) is 0 Å². The first-order valence-corrected chi connectivity index (χ1v) is 7.97. The van der Waals surface area contributed by atoms with Crippen LogP contribution in [-0.4, -0.2) is 50.5 Å². The van der Waals surface area contributed by atoms with Gasteiger partial charge in [0.25, 0.3) is 0 Å². The molecule has 0 saturated carbocycles. The fraction of sp³-hybridized carbons (Fsp3) is 0.533. The molecule has 3 rings (SSSR count). The molecule has 8 heteroatoms. The maximum atomic E-state index is 12.3. The van der Waals surface area contributed by atoms with E-state index in [9.17, 15) is 9.90 Å². The summed E-state index contributed by atoms with van der Waals surface area (Å²) in [4.78, 5) is 14.0. The number of nitrogens with one attached hydrogen (secondary N) is 1. The lowest BCUT2D eigenvalue weighted by atomic mass is 10.0. The standard InChI is InChI=1S/C15H19ClN4O3/c1-9-4-11(18-17-9)5-10-7-20(8-13(10)21)15(22)3-2-12-6-14(16)19-23-12/h4,6,10,13,21H,2-3,5,7-8H2,1H3,(H,17,18)/t10-,13-/m1/s1. The fourth-order valence-electron chi connectivity index (χ4n) is 2.90. The topological polar surface area (TPSA) is 95.2 Å². The predicted octanol–water partition coefficient (Wildman–Crippen LogP) is 1.35. The van der Waals surface area contributed by atoms with Gasteiger partial charge >= 0.3 is 0 Å². The van der Waals surface area contributed by atoms with E-state index in [1.54, 1.807) is 11.0 Å². The highest BCUT2D eigenvalue weighted by atomic mass is 35.5. The summed E-state index contributed by atoms with van der Waals surface area (Å²) in [6.07, 6.45) is 0.907. The van der Waals surface area contributed by atoms with Crippen molar-refractivity contribution in [2.75, 3.05) is 13.1 Å². The molecule has 2 atom stereocenters. The number of rotatable bonds is 5. The third kappa shape index (κ3) is 3.92. The van der Waals surface area contributed by atoms with E-state index in [0.29, 0.717) is 43.3 Å². The first-order valence-electron chi connectivity index (χ1n) is 7.59. The van der Waals surface area contributed by atoms with Crippen molar-refractivity contribution in [2.24, 2.45) is 5.92 Å². The second kappa shape index (κ2) is 6.72. The average Bonchev–Trinajstić information content (AvgIpc) is 3.20. The van der Waals surface area contributed by atoms with Crippen LogP contribution in [0.4, 0.5) is 0 Å². The lowest BCUT2D eigenvalue weighted by molar-refractivity contribution is -0.130. The van der Waals surface area contributed by atoms with Crippen LogP contribution in [0.1, 0.15) is 23.6 Å². The van der Waals surface area contributed by atoms with Crippen LogP contribution in [-0.2, 0) is 17.6 Å². The van der Waals surface area contributed by atoms with Crippen LogP contribution in [0.15, 0.2) is 16.7 Å². The molecule has 124 valence electrons. The minimum atomic E-state index is -0.518. The third-order valence-electron chi connectivity index (χ3n) is 4.10. The van der Waals surface area contributed by atoms with Crippen molar-refractivity contribution in [3.8, 4) is 0 Å². The average molecular weight is 339 g/mol. The van der Waals surface area contributed by atoms with Gasteiger partial charge in [-0.15, -0.1) is 0 Å². The van der Waals surface area contributed by atoms with Crippen LogP contribution >= 0.6 is 11.6 Å². The first kappa shape index (κ1) is 16.0. The molecule has 0 spiro atoms. The number of hydrogen-bond acceptors (Lipinski definition) is 5. The summed E-state index contributed by atoms with van der Waals surface area (Å²) < 4.78 is 4.99. The molecule has 2 aromatic rings. The number of H-pyrrole nitrogens is 1. The lowest BCUT2D eigenvalue weighted by Gasteiger charge is -2.15. The second-order valence-electron chi connectivity index (χ2n) is 5.99. The molecule has 1 amide bonds. The van der Waals surface area contributed by atoms with E-state index < -0.39 is 6.10 Å². The number of amides is 1. The van der Waals surface area contributed by atoms with E-state index in [-0.39, 0.29) is 11.8 Å². The zero-order valence-electron chi connectivity index (χ0n) is 12.8. The number of carbonyl (C=O) groups is 1. The Bertz CT molecular complexity index is 684. The molecule has 0 aliphatic carbocycles. The zero-order chi connectivity index (χ0) is 16.4. The second-order valence-corrected chi connectivity index (χ2v) is 6.38. The quantitative estimate of drug-likeness (QED) is 0.858. The van der Waals surface area contributed by atoms with E-state index in [4.69, 9.17) is 16.1 Å². The summed E-state index contributed by atoms with van der Waals surface area (Å²) in [5.41, 5.74) is 1.91. The van der Waals surface area contributed by atoms with Crippen molar-refractivity contribution in [2.45, 2.75) is 32.3 Å². The molecule has 0 aromatic carbocycles. The monoisotopic (exact) mass is 338 g/mol. The van der Waals surface area contributed by atoms with Crippen molar-refractivity contribution < 1.29 is 14.4 Å². The Balaban J connectivity index is 1.51. The van der Waals surface area contributed by atoms with Crippen molar-refractivity contribution in [1.29, 1.82) is 0 Å². The SMILES string of the molecule is Cc1cc(C[C@@H]2CN(C(=O)CCc3cc(Cl)no3)C[C@H]2O)n[nH]1. The number of halogens is 1. The summed E-state index contributed by atoms with van der Waals surface area (Å²) in [6.45, 7) is 2.85. The van der Waals surface area contributed by atoms with E-state index in [1.807, 2.05) is 13.0 Å².